The summed E-state index contributed by atoms with van der Waals surface area (Å²) in [4.78, 5) is 11.6. The number of halogens is 1. The summed E-state index contributed by atoms with van der Waals surface area (Å²) in [6.07, 6.45) is 2.63. The van der Waals surface area contributed by atoms with Crippen LogP contribution in [0.15, 0.2) is 53.0 Å². The van der Waals surface area contributed by atoms with Crippen LogP contribution in [0.3, 0.4) is 0 Å². The molecule has 0 aliphatic heterocycles. The molecule has 0 atom stereocenters. The van der Waals surface area contributed by atoms with Crippen LogP contribution in [0.5, 0.6) is 0 Å². The first-order valence-corrected chi connectivity index (χ1v) is 8.12. The third-order valence-electron chi connectivity index (χ3n) is 2.49. The number of carbonyl (C=O) groups excluding carboxylic acids is 1. The van der Waals surface area contributed by atoms with Crippen molar-refractivity contribution in [1.29, 1.82) is 0 Å². The first-order chi connectivity index (χ1) is 9.30. The van der Waals surface area contributed by atoms with Gasteiger partial charge >= 0.3 is 5.97 Å². The fourth-order valence-corrected chi connectivity index (χ4v) is 1.61. The number of allylic oxidation sites excluding steroid dienone is 3. The Balaban J connectivity index is 2.64. The fourth-order valence-electron chi connectivity index (χ4n) is 1.23. The van der Waals surface area contributed by atoms with Crippen LogP contribution in [0.1, 0.15) is 19.4 Å². The summed E-state index contributed by atoms with van der Waals surface area (Å²) in [6, 6.07) is 9.26. The standard InChI is InChI=1S/C14H15ClO4S/c1-11(8-9-12(2)20(15,17)18)14(16)19-10-13-6-4-3-5-7-13/h3-9H,10H2,1-2H3/b11-8+,12-9+. The van der Waals surface area contributed by atoms with Crippen molar-refractivity contribution in [2.75, 3.05) is 0 Å². The summed E-state index contributed by atoms with van der Waals surface area (Å²) in [6.45, 7) is 3.06. The second kappa shape index (κ2) is 7.26. The van der Waals surface area contributed by atoms with E-state index in [4.69, 9.17) is 15.4 Å². The molecule has 0 fully saturated rings. The molecule has 0 bridgehead atoms. The molecule has 1 aromatic carbocycles. The van der Waals surface area contributed by atoms with Crippen molar-refractivity contribution in [3.8, 4) is 0 Å². The van der Waals surface area contributed by atoms with E-state index in [0.29, 0.717) is 5.57 Å². The summed E-state index contributed by atoms with van der Waals surface area (Å²) < 4.78 is 27.0. The van der Waals surface area contributed by atoms with Crippen molar-refractivity contribution in [3.05, 3.63) is 58.5 Å². The normalized spacial score (nSPS) is 13.2. The molecule has 0 N–H and O–H groups in total. The van der Waals surface area contributed by atoms with Gasteiger partial charge in [0.1, 0.15) is 6.61 Å². The van der Waals surface area contributed by atoms with Crippen molar-refractivity contribution in [1.82, 2.24) is 0 Å². The van der Waals surface area contributed by atoms with Crippen LogP contribution in [0.25, 0.3) is 0 Å². The average Bonchev–Trinajstić information content (AvgIpc) is 2.41. The lowest BCUT2D eigenvalue weighted by Crippen LogP contribution is -2.05. The molecule has 0 heterocycles. The molecule has 0 aromatic heterocycles. The van der Waals surface area contributed by atoms with Crippen LogP contribution in [-0.2, 0) is 25.2 Å². The minimum absolute atomic E-state index is 0.0330. The van der Waals surface area contributed by atoms with Crippen molar-refractivity contribution < 1.29 is 17.9 Å². The smallest absolute Gasteiger partial charge is 0.334 e. The van der Waals surface area contributed by atoms with Crippen LogP contribution in [0.4, 0.5) is 0 Å². The van der Waals surface area contributed by atoms with Gasteiger partial charge in [-0.3, -0.25) is 0 Å². The molecule has 4 nitrogen and oxygen atoms in total. The van der Waals surface area contributed by atoms with E-state index in [0.717, 1.165) is 5.56 Å². The van der Waals surface area contributed by atoms with Crippen molar-refractivity contribution >= 4 is 25.7 Å². The molecule has 0 saturated carbocycles. The molecule has 0 radical (unpaired) electrons. The second-order valence-corrected chi connectivity index (χ2v) is 6.87. The number of esters is 1. The zero-order valence-corrected chi connectivity index (χ0v) is 12.7. The van der Waals surface area contributed by atoms with E-state index in [1.165, 1.54) is 26.0 Å². The topological polar surface area (TPSA) is 60.4 Å². The van der Waals surface area contributed by atoms with Gasteiger partial charge in [0.25, 0.3) is 9.05 Å². The van der Waals surface area contributed by atoms with Crippen molar-refractivity contribution in [2.45, 2.75) is 20.5 Å². The maximum atomic E-state index is 11.7. The highest BCUT2D eigenvalue weighted by molar-refractivity contribution is 8.16. The van der Waals surface area contributed by atoms with Gasteiger partial charge in [0.15, 0.2) is 0 Å². The van der Waals surface area contributed by atoms with E-state index >= 15 is 0 Å². The van der Waals surface area contributed by atoms with Gasteiger partial charge in [-0.1, -0.05) is 36.4 Å². The van der Waals surface area contributed by atoms with Gasteiger partial charge in [-0.25, -0.2) is 13.2 Å². The molecule has 6 heteroatoms. The lowest BCUT2D eigenvalue weighted by Gasteiger charge is -2.04. The molecule has 0 aliphatic carbocycles. The number of rotatable bonds is 5. The van der Waals surface area contributed by atoms with E-state index in [9.17, 15) is 13.2 Å². The second-order valence-electron chi connectivity index (χ2n) is 4.13. The molecule has 108 valence electrons. The van der Waals surface area contributed by atoms with Gasteiger partial charge in [-0.2, -0.15) is 0 Å². The molecular weight excluding hydrogens is 300 g/mol. The van der Waals surface area contributed by atoms with Crippen LogP contribution >= 0.6 is 10.7 Å². The Morgan fingerprint density at radius 3 is 2.35 bits per heavy atom. The third-order valence-corrected chi connectivity index (χ3v) is 4.12. The summed E-state index contributed by atoms with van der Waals surface area (Å²) in [7, 11) is 1.40. The quantitative estimate of drug-likeness (QED) is 0.362. The lowest BCUT2D eigenvalue weighted by atomic mass is 10.2. The van der Waals surface area contributed by atoms with E-state index in [2.05, 4.69) is 0 Å². The van der Waals surface area contributed by atoms with Crippen molar-refractivity contribution in [3.63, 3.8) is 0 Å². The van der Waals surface area contributed by atoms with Crippen molar-refractivity contribution in [2.24, 2.45) is 0 Å². The maximum absolute atomic E-state index is 11.7. The number of hydrogen-bond donors (Lipinski definition) is 0. The first kappa shape index (κ1) is 16.5. The van der Waals surface area contributed by atoms with E-state index in [1.807, 2.05) is 30.3 Å². The van der Waals surface area contributed by atoms with E-state index < -0.39 is 15.0 Å². The number of ether oxygens (including phenoxy) is 1. The molecule has 0 spiro atoms. The number of carbonyl (C=O) groups is 1. The first-order valence-electron chi connectivity index (χ1n) is 5.81. The lowest BCUT2D eigenvalue weighted by molar-refractivity contribution is -0.140. The summed E-state index contributed by atoms with van der Waals surface area (Å²) >= 11 is 0. The highest BCUT2D eigenvalue weighted by Gasteiger charge is 2.08. The van der Waals surface area contributed by atoms with Gasteiger partial charge < -0.3 is 4.74 Å². The Hall–Kier alpha value is -1.59. The van der Waals surface area contributed by atoms with Gasteiger partial charge in [0.2, 0.25) is 0 Å². The molecule has 0 saturated heterocycles. The van der Waals surface area contributed by atoms with Crippen LogP contribution < -0.4 is 0 Å². The molecule has 0 amide bonds. The van der Waals surface area contributed by atoms with E-state index in [1.54, 1.807) is 0 Å². The Labute approximate surface area is 123 Å². The predicted molar refractivity (Wildman–Crippen MR) is 78.5 cm³/mol. The Bertz CT molecular complexity index is 630. The number of benzene rings is 1. The molecule has 1 aromatic rings. The molecule has 0 aliphatic rings. The summed E-state index contributed by atoms with van der Waals surface area (Å²) in [5.41, 5.74) is 1.17. The largest absolute Gasteiger partial charge is 0.457 e. The third kappa shape index (κ3) is 5.59. The molecule has 0 unspecified atom stereocenters. The van der Waals surface area contributed by atoms with Gasteiger partial charge in [-0.05, 0) is 25.5 Å². The zero-order chi connectivity index (χ0) is 15.2. The Morgan fingerprint density at radius 1 is 1.20 bits per heavy atom. The molecular formula is C14H15ClO4S. The average molecular weight is 315 g/mol. The van der Waals surface area contributed by atoms with Crippen LogP contribution in [0.2, 0.25) is 0 Å². The zero-order valence-electron chi connectivity index (χ0n) is 11.2. The molecule has 1 rings (SSSR count). The fraction of sp³-hybridized carbons (Fsp3) is 0.214. The van der Waals surface area contributed by atoms with E-state index in [-0.39, 0.29) is 11.5 Å². The predicted octanol–water partition coefficient (Wildman–Crippen LogP) is 3.15. The summed E-state index contributed by atoms with van der Waals surface area (Å²) in [5.74, 6) is -0.509. The Morgan fingerprint density at radius 2 is 1.80 bits per heavy atom. The summed E-state index contributed by atoms with van der Waals surface area (Å²) in [5, 5.41) is 0. The minimum atomic E-state index is -3.74. The van der Waals surface area contributed by atoms with Gasteiger partial charge in [-0.15, -0.1) is 0 Å². The van der Waals surface area contributed by atoms with Crippen LogP contribution in [0, 0.1) is 0 Å². The molecule has 20 heavy (non-hydrogen) atoms. The monoisotopic (exact) mass is 314 g/mol. The SMILES string of the molecule is C/C(=C\C=C(/C)S(=O)(=O)Cl)C(=O)OCc1ccccc1. The maximum Gasteiger partial charge on any atom is 0.334 e. The number of hydrogen-bond acceptors (Lipinski definition) is 4. The highest BCUT2D eigenvalue weighted by atomic mass is 35.7. The van der Waals surface area contributed by atoms with Gasteiger partial charge in [0.05, 0.1) is 4.91 Å². The Kier molecular flexibility index (Phi) is 5.98. The highest BCUT2D eigenvalue weighted by Crippen LogP contribution is 2.11. The van der Waals surface area contributed by atoms with Crippen LogP contribution in [-0.4, -0.2) is 14.4 Å². The minimum Gasteiger partial charge on any atom is -0.457 e. The van der Waals surface area contributed by atoms with Gasteiger partial charge in [0, 0.05) is 16.3 Å².